The zero-order chi connectivity index (χ0) is 13.9. The van der Waals surface area contributed by atoms with E-state index >= 15 is 0 Å². The Labute approximate surface area is 119 Å². The molecule has 0 aliphatic rings. The third-order valence-electron chi connectivity index (χ3n) is 2.76. The molecule has 0 unspecified atom stereocenters. The number of halogens is 1. The average molecular weight is 285 g/mol. The monoisotopic (exact) mass is 284 g/mol. The lowest BCUT2D eigenvalue weighted by Crippen LogP contribution is -2.13. The van der Waals surface area contributed by atoms with E-state index in [4.69, 9.17) is 11.6 Å². The zero-order valence-corrected chi connectivity index (χ0v) is 11.0. The number of carbonyl (C=O) groups excluding carboxylic acids is 1. The minimum absolute atomic E-state index is 0.300. The maximum absolute atomic E-state index is 12.3. The number of nitrogens with zero attached hydrogens (tertiary/aromatic N) is 3. The van der Waals surface area contributed by atoms with E-state index in [0.29, 0.717) is 27.3 Å². The topological polar surface area (TPSA) is 67.8 Å². The van der Waals surface area contributed by atoms with Crippen LogP contribution in [0.3, 0.4) is 0 Å². The van der Waals surface area contributed by atoms with Gasteiger partial charge in [0.15, 0.2) is 0 Å². The maximum atomic E-state index is 12.3. The highest BCUT2D eigenvalue weighted by Crippen LogP contribution is 2.21. The van der Waals surface area contributed by atoms with E-state index in [1.165, 1.54) is 6.20 Å². The van der Waals surface area contributed by atoms with E-state index in [2.05, 4.69) is 20.3 Å². The molecule has 3 rings (SSSR count). The summed E-state index contributed by atoms with van der Waals surface area (Å²) in [6, 6.07) is 6.86. The van der Waals surface area contributed by atoms with E-state index in [9.17, 15) is 4.79 Å². The van der Waals surface area contributed by atoms with Gasteiger partial charge in [0, 0.05) is 18.6 Å². The van der Waals surface area contributed by atoms with E-state index < -0.39 is 0 Å². The van der Waals surface area contributed by atoms with Gasteiger partial charge in [0.25, 0.3) is 5.91 Å². The summed E-state index contributed by atoms with van der Waals surface area (Å²) in [5.41, 5.74) is 2.11. The first-order chi connectivity index (χ1) is 9.75. The van der Waals surface area contributed by atoms with Gasteiger partial charge in [0.2, 0.25) is 0 Å². The number of hydrogen-bond acceptors (Lipinski definition) is 4. The highest BCUT2D eigenvalue weighted by molar-refractivity contribution is 6.33. The van der Waals surface area contributed by atoms with Crippen LogP contribution < -0.4 is 5.32 Å². The fraction of sp³-hybridized carbons (Fsp3) is 0. The third kappa shape index (κ3) is 2.31. The third-order valence-corrected chi connectivity index (χ3v) is 3.09. The number of amides is 1. The number of benzene rings is 1. The quantitative estimate of drug-likeness (QED) is 0.785. The molecular weight excluding hydrogens is 276 g/mol. The van der Waals surface area contributed by atoms with Crippen LogP contribution in [0.25, 0.3) is 11.0 Å². The molecule has 0 atom stereocenters. The minimum Gasteiger partial charge on any atom is -0.319 e. The van der Waals surface area contributed by atoms with Crippen molar-refractivity contribution in [3.05, 3.63) is 59.6 Å². The molecular formula is C14H9ClN4O. The number of carbonyl (C=O) groups is 1. The summed E-state index contributed by atoms with van der Waals surface area (Å²) in [5, 5.41) is 3.15. The Balaban J connectivity index is 1.99. The number of fused-ring (bicyclic) bond motifs is 1. The summed E-state index contributed by atoms with van der Waals surface area (Å²) in [7, 11) is 0. The molecule has 98 valence electrons. The maximum Gasteiger partial charge on any atom is 0.258 e. The van der Waals surface area contributed by atoms with Crippen LogP contribution in [0.15, 0.2) is 49.1 Å². The standard InChI is InChI=1S/C14H9ClN4O/c15-10-4-5-16-8-12(10)19-14(20)9-2-1-3-11-13(9)18-7-6-17-11/h1-8H,(H,19,20). The van der Waals surface area contributed by atoms with Crippen molar-refractivity contribution < 1.29 is 4.79 Å². The van der Waals surface area contributed by atoms with Crippen molar-refractivity contribution >= 4 is 34.2 Å². The first kappa shape index (κ1) is 12.5. The van der Waals surface area contributed by atoms with Gasteiger partial charge in [-0.2, -0.15) is 0 Å². The van der Waals surface area contributed by atoms with E-state index in [1.54, 1.807) is 42.9 Å². The van der Waals surface area contributed by atoms with Crippen molar-refractivity contribution in [3.8, 4) is 0 Å². The number of rotatable bonds is 2. The molecule has 0 bridgehead atoms. The second-order valence-electron chi connectivity index (χ2n) is 4.04. The highest BCUT2D eigenvalue weighted by atomic mass is 35.5. The molecule has 0 aliphatic heterocycles. The van der Waals surface area contributed by atoms with E-state index in [0.717, 1.165) is 0 Å². The molecule has 5 nitrogen and oxygen atoms in total. The lowest BCUT2D eigenvalue weighted by Gasteiger charge is -2.07. The first-order valence-corrected chi connectivity index (χ1v) is 6.24. The van der Waals surface area contributed by atoms with E-state index in [-0.39, 0.29) is 5.91 Å². The van der Waals surface area contributed by atoms with Crippen molar-refractivity contribution in [2.75, 3.05) is 5.32 Å². The molecule has 1 amide bonds. The van der Waals surface area contributed by atoms with Gasteiger partial charge in [-0.15, -0.1) is 0 Å². The van der Waals surface area contributed by atoms with Crippen molar-refractivity contribution in [1.82, 2.24) is 15.0 Å². The molecule has 0 saturated heterocycles. The molecule has 0 spiro atoms. The second-order valence-corrected chi connectivity index (χ2v) is 4.45. The number of para-hydroxylation sites is 1. The molecule has 6 heteroatoms. The molecule has 2 aromatic heterocycles. The SMILES string of the molecule is O=C(Nc1cnccc1Cl)c1cccc2nccnc12. The molecule has 1 N–H and O–H groups in total. The van der Waals surface area contributed by atoms with Gasteiger partial charge >= 0.3 is 0 Å². The van der Waals surface area contributed by atoms with Crippen LogP contribution >= 0.6 is 11.6 Å². The number of hydrogen-bond donors (Lipinski definition) is 1. The summed E-state index contributed by atoms with van der Waals surface area (Å²) in [6.45, 7) is 0. The zero-order valence-electron chi connectivity index (χ0n) is 10.2. The van der Waals surface area contributed by atoms with Crippen LogP contribution in [-0.2, 0) is 0 Å². The van der Waals surface area contributed by atoms with Crippen LogP contribution in [0.5, 0.6) is 0 Å². The van der Waals surface area contributed by atoms with Gasteiger partial charge in [-0.3, -0.25) is 19.7 Å². The highest BCUT2D eigenvalue weighted by Gasteiger charge is 2.12. The molecule has 3 aromatic rings. The molecule has 0 radical (unpaired) electrons. The predicted octanol–water partition coefficient (Wildman–Crippen LogP) is 2.93. The Morgan fingerprint density at radius 1 is 1.10 bits per heavy atom. The van der Waals surface area contributed by atoms with Crippen LogP contribution in [0.1, 0.15) is 10.4 Å². The van der Waals surface area contributed by atoms with Crippen molar-refractivity contribution in [2.45, 2.75) is 0 Å². The molecule has 0 saturated carbocycles. The Hall–Kier alpha value is -2.53. The Morgan fingerprint density at radius 3 is 2.80 bits per heavy atom. The fourth-order valence-electron chi connectivity index (χ4n) is 1.84. The first-order valence-electron chi connectivity index (χ1n) is 5.86. The van der Waals surface area contributed by atoms with Crippen molar-refractivity contribution in [2.24, 2.45) is 0 Å². The van der Waals surface area contributed by atoms with Gasteiger partial charge in [0.1, 0.15) is 5.52 Å². The Morgan fingerprint density at radius 2 is 1.95 bits per heavy atom. The number of nitrogens with one attached hydrogen (secondary N) is 1. The number of anilines is 1. The molecule has 20 heavy (non-hydrogen) atoms. The summed E-state index contributed by atoms with van der Waals surface area (Å²) in [5.74, 6) is -0.300. The van der Waals surface area contributed by atoms with E-state index in [1.807, 2.05) is 0 Å². The van der Waals surface area contributed by atoms with Crippen LogP contribution in [0.2, 0.25) is 5.02 Å². The largest absolute Gasteiger partial charge is 0.319 e. The minimum atomic E-state index is -0.300. The molecule has 2 heterocycles. The summed E-state index contributed by atoms with van der Waals surface area (Å²) in [4.78, 5) is 24.6. The summed E-state index contributed by atoms with van der Waals surface area (Å²) in [6.07, 6.45) is 6.19. The Kier molecular flexibility index (Phi) is 3.26. The molecule has 0 aliphatic carbocycles. The normalized spacial score (nSPS) is 10.4. The number of aromatic nitrogens is 3. The summed E-state index contributed by atoms with van der Waals surface area (Å²) < 4.78 is 0. The van der Waals surface area contributed by atoms with Gasteiger partial charge in [-0.25, -0.2) is 0 Å². The van der Waals surface area contributed by atoms with Crippen molar-refractivity contribution in [1.29, 1.82) is 0 Å². The van der Waals surface area contributed by atoms with Crippen LogP contribution in [-0.4, -0.2) is 20.9 Å². The lowest BCUT2D eigenvalue weighted by molar-refractivity contribution is 0.102. The lowest BCUT2D eigenvalue weighted by atomic mass is 10.1. The molecule has 1 aromatic carbocycles. The fourth-order valence-corrected chi connectivity index (χ4v) is 1.99. The van der Waals surface area contributed by atoms with Crippen LogP contribution in [0, 0.1) is 0 Å². The van der Waals surface area contributed by atoms with Crippen molar-refractivity contribution in [3.63, 3.8) is 0 Å². The van der Waals surface area contributed by atoms with Gasteiger partial charge in [0.05, 0.1) is 28.0 Å². The summed E-state index contributed by atoms with van der Waals surface area (Å²) >= 11 is 5.99. The Bertz CT molecular complexity index is 785. The van der Waals surface area contributed by atoms with Gasteiger partial charge in [-0.1, -0.05) is 17.7 Å². The van der Waals surface area contributed by atoms with Gasteiger partial charge in [-0.05, 0) is 18.2 Å². The smallest absolute Gasteiger partial charge is 0.258 e. The predicted molar refractivity (Wildman–Crippen MR) is 76.7 cm³/mol. The number of pyridine rings is 1. The second kappa shape index (κ2) is 5.22. The van der Waals surface area contributed by atoms with Gasteiger partial charge < -0.3 is 5.32 Å². The average Bonchev–Trinajstić information content (AvgIpc) is 2.49. The van der Waals surface area contributed by atoms with Crippen LogP contribution in [0.4, 0.5) is 5.69 Å². The molecule has 0 fully saturated rings.